The molecule has 1 aliphatic rings. The molecule has 2 N–H and O–H groups in total. The highest BCUT2D eigenvalue weighted by Crippen LogP contribution is 2.49. The number of aryl methyl sites for hydroxylation is 1. The van der Waals surface area contributed by atoms with E-state index in [2.05, 4.69) is 15.8 Å². The molecule has 0 fully saturated rings. The fourth-order valence-electron chi connectivity index (χ4n) is 4.04. The Balaban J connectivity index is 1.53. The molecule has 0 aliphatic carbocycles. The van der Waals surface area contributed by atoms with Gasteiger partial charge in [0.1, 0.15) is 0 Å². The lowest BCUT2D eigenvalue weighted by molar-refractivity contribution is -0.275. The Kier molecular flexibility index (Phi) is 7.95. The van der Waals surface area contributed by atoms with Crippen LogP contribution in [-0.2, 0) is 16.6 Å². The Morgan fingerprint density at radius 2 is 1.68 bits per heavy atom. The first-order valence-electron chi connectivity index (χ1n) is 11.2. The number of nitrogens with zero attached hydrogens (tertiary/aromatic N) is 2. The monoisotopic (exact) mass is 616 g/mol. The van der Waals surface area contributed by atoms with Crippen LogP contribution >= 0.6 is 35.4 Å². The average molecular weight is 617 g/mol. The zero-order valence-corrected chi connectivity index (χ0v) is 22.5. The molecule has 1 atom stereocenters. The lowest BCUT2D eigenvalue weighted by Gasteiger charge is -2.29. The summed E-state index contributed by atoms with van der Waals surface area (Å²) in [6.45, 7) is 1.65. The Morgan fingerprint density at radius 3 is 2.25 bits per heavy atom. The normalized spacial score (nSPS) is 17.1. The van der Waals surface area contributed by atoms with Gasteiger partial charge in [0.15, 0.2) is 5.11 Å². The van der Waals surface area contributed by atoms with Crippen LogP contribution in [0.15, 0.2) is 59.8 Å². The van der Waals surface area contributed by atoms with E-state index in [-0.39, 0.29) is 37.7 Å². The lowest BCUT2D eigenvalue weighted by Crippen LogP contribution is -2.42. The fourth-order valence-corrected chi connectivity index (χ4v) is 4.80. The van der Waals surface area contributed by atoms with Crippen molar-refractivity contribution < 1.29 is 31.2 Å². The summed E-state index contributed by atoms with van der Waals surface area (Å²) in [5.74, 6) is 0. The van der Waals surface area contributed by atoms with Crippen LogP contribution in [0, 0.1) is 18.3 Å². The van der Waals surface area contributed by atoms with E-state index in [9.17, 15) is 26.3 Å². The quantitative estimate of drug-likeness (QED) is 0.227. The van der Waals surface area contributed by atoms with Gasteiger partial charge in [0.2, 0.25) is 0 Å². The maximum absolute atomic E-state index is 14.3. The minimum absolute atomic E-state index is 0.00741. The molecule has 0 spiro atoms. The third-order valence-corrected chi connectivity index (χ3v) is 6.61. The highest BCUT2D eigenvalue weighted by atomic mass is 35.5. The summed E-state index contributed by atoms with van der Waals surface area (Å²) in [5.41, 5.74) is -3.03. The summed E-state index contributed by atoms with van der Waals surface area (Å²) in [5, 5.41) is 18.2. The topological polar surface area (TPSA) is 69.4 Å². The maximum Gasteiger partial charge on any atom is 0.435 e. The van der Waals surface area contributed by atoms with Crippen molar-refractivity contribution in [1.29, 1.82) is 5.26 Å². The van der Waals surface area contributed by atoms with Crippen molar-refractivity contribution in [2.75, 3.05) is 10.6 Å². The van der Waals surface area contributed by atoms with Crippen LogP contribution in [0.2, 0.25) is 10.0 Å². The zero-order chi connectivity index (χ0) is 29.5. The van der Waals surface area contributed by atoms with Crippen molar-refractivity contribution in [2.45, 2.75) is 31.3 Å². The molecule has 3 aromatic carbocycles. The summed E-state index contributed by atoms with van der Waals surface area (Å²) >= 11 is 17.1. The minimum atomic E-state index is -4.85. The molecular weight excluding hydrogens is 601 g/mol. The van der Waals surface area contributed by atoms with Crippen LogP contribution in [0.1, 0.15) is 34.2 Å². The average Bonchev–Trinajstić information content (AvgIpc) is 3.31. The van der Waals surface area contributed by atoms with Crippen LogP contribution in [0.25, 0.3) is 0 Å². The fraction of sp³-hybridized carbons (Fsp3) is 0.192. The lowest BCUT2D eigenvalue weighted by atomic mass is 9.86. The molecule has 1 unspecified atom stereocenters. The number of rotatable bonds is 4. The number of nitriles is 1. The summed E-state index contributed by atoms with van der Waals surface area (Å²) < 4.78 is 82.2. The van der Waals surface area contributed by atoms with Crippen molar-refractivity contribution in [1.82, 2.24) is 0 Å². The minimum Gasteiger partial charge on any atom is -0.374 e. The number of hydrogen-bond acceptors (Lipinski definition) is 4. The van der Waals surface area contributed by atoms with Gasteiger partial charge < -0.3 is 15.5 Å². The third-order valence-electron chi connectivity index (χ3n) is 5.97. The van der Waals surface area contributed by atoms with Crippen LogP contribution in [0.5, 0.6) is 0 Å². The van der Waals surface area contributed by atoms with E-state index in [1.165, 1.54) is 24.3 Å². The molecule has 0 saturated heterocycles. The van der Waals surface area contributed by atoms with Gasteiger partial charge >= 0.3 is 12.4 Å². The van der Waals surface area contributed by atoms with Crippen LogP contribution in [-0.4, -0.2) is 17.0 Å². The van der Waals surface area contributed by atoms with E-state index in [4.69, 9.17) is 45.5 Å². The van der Waals surface area contributed by atoms with Crippen molar-refractivity contribution in [2.24, 2.45) is 5.16 Å². The van der Waals surface area contributed by atoms with Gasteiger partial charge in [0, 0.05) is 33.4 Å². The standard InChI is InChI=1S/C26H16Cl2F6N4OS/c1-13-4-15(22-11-24(39-38-22,26(32,33)34)16-7-18(27)10-19(28)8-16)2-3-21(13)37-23(40)36-20-6-14(12-35)5-17(9-20)25(29,30)31/h2-10H,11H2,1H3,(H2,36,37,40). The van der Waals surface area contributed by atoms with Gasteiger partial charge in [0.05, 0.1) is 22.9 Å². The summed E-state index contributed by atoms with van der Waals surface area (Å²) in [4.78, 5) is 5.02. The molecule has 0 bridgehead atoms. The van der Waals surface area contributed by atoms with Crippen LogP contribution in [0.3, 0.4) is 0 Å². The number of anilines is 2. The van der Waals surface area contributed by atoms with E-state index in [0.29, 0.717) is 22.9 Å². The van der Waals surface area contributed by atoms with Gasteiger partial charge in [-0.3, -0.25) is 0 Å². The summed E-state index contributed by atoms with van der Waals surface area (Å²) in [7, 11) is 0. The second-order valence-corrected chi connectivity index (χ2v) is 10.1. The van der Waals surface area contributed by atoms with Crippen LogP contribution in [0.4, 0.5) is 37.7 Å². The van der Waals surface area contributed by atoms with E-state index < -0.39 is 29.9 Å². The number of benzene rings is 3. The van der Waals surface area contributed by atoms with Crippen molar-refractivity contribution in [3.8, 4) is 6.07 Å². The molecule has 1 aliphatic heterocycles. The van der Waals surface area contributed by atoms with Gasteiger partial charge in [0.25, 0.3) is 5.60 Å². The van der Waals surface area contributed by atoms with E-state index in [1.54, 1.807) is 19.1 Å². The first-order valence-corrected chi connectivity index (χ1v) is 12.4. The predicted molar refractivity (Wildman–Crippen MR) is 144 cm³/mol. The van der Waals surface area contributed by atoms with E-state index in [1.807, 2.05) is 0 Å². The van der Waals surface area contributed by atoms with Gasteiger partial charge in [-0.05, 0) is 78.8 Å². The molecule has 5 nitrogen and oxygen atoms in total. The molecule has 0 amide bonds. The van der Waals surface area contributed by atoms with E-state index >= 15 is 0 Å². The molecule has 4 rings (SSSR count). The smallest absolute Gasteiger partial charge is 0.374 e. The number of thiocarbonyl (C=S) groups is 1. The Labute approximate surface area is 239 Å². The molecule has 0 aromatic heterocycles. The number of nitrogens with one attached hydrogen (secondary N) is 2. The zero-order valence-electron chi connectivity index (χ0n) is 20.1. The molecular formula is C26H16Cl2F6N4OS. The Hall–Kier alpha value is -3.53. The molecule has 0 radical (unpaired) electrons. The second-order valence-electron chi connectivity index (χ2n) is 8.81. The molecule has 3 aromatic rings. The number of oxime groups is 1. The molecule has 14 heteroatoms. The predicted octanol–water partition coefficient (Wildman–Crippen LogP) is 8.58. The second kappa shape index (κ2) is 10.8. The van der Waals surface area contributed by atoms with Crippen molar-refractivity contribution >= 4 is 57.6 Å². The highest BCUT2D eigenvalue weighted by Gasteiger charge is 2.62. The number of alkyl halides is 6. The highest BCUT2D eigenvalue weighted by molar-refractivity contribution is 7.80. The Bertz CT molecular complexity index is 1550. The summed E-state index contributed by atoms with van der Waals surface area (Å²) in [6.07, 6.45) is -10.2. The first kappa shape index (κ1) is 29.5. The molecule has 40 heavy (non-hydrogen) atoms. The van der Waals surface area contributed by atoms with Crippen molar-refractivity contribution in [3.05, 3.63) is 92.5 Å². The molecule has 0 saturated carbocycles. The van der Waals surface area contributed by atoms with E-state index in [0.717, 1.165) is 18.2 Å². The number of hydrogen-bond donors (Lipinski definition) is 2. The summed E-state index contributed by atoms with van der Waals surface area (Å²) in [6, 6.07) is 12.5. The molecule has 208 valence electrons. The van der Waals surface area contributed by atoms with Crippen molar-refractivity contribution in [3.63, 3.8) is 0 Å². The third kappa shape index (κ3) is 6.11. The van der Waals surface area contributed by atoms with Gasteiger partial charge in [-0.2, -0.15) is 31.6 Å². The maximum atomic E-state index is 14.3. The SMILES string of the molecule is Cc1cc(C2=NOC(c3cc(Cl)cc(Cl)c3)(C(F)(F)F)C2)ccc1NC(=S)Nc1cc(C#N)cc(C(F)(F)F)c1. The molecule has 1 heterocycles. The largest absolute Gasteiger partial charge is 0.435 e. The Morgan fingerprint density at radius 1 is 1.00 bits per heavy atom. The number of halogens is 8. The van der Waals surface area contributed by atoms with Gasteiger partial charge in [-0.25, -0.2) is 0 Å². The van der Waals surface area contributed by atoms with Gasteiger partial charge in [-0.15, -0.1) is 0 Å². The van der Waals surface area contributed by atoms with Gasteiger partial charge in [-0.1, -0.05) is 34.4 Å². The first-order chi connectivity index (χ1) is 18.6. The van der Waals surface area contributed by atoms with Crippen LogP contribution < -0.4 is 10.6 Å².